The lowest BCUT2D eigenvalue weighted by Gasteiger charge is -2.03. The highest BCUT2D eigenvalue weighted by atomic mass is 32.1. The zero-order chi connectivity index (χ0) is 14.2. The maximum atomic E-state index is 12.1. The van der Waals surface area contributed by atoms with Crippen LogP contribution in [0.5, 0.6) is 0 Å². The van der Waals surface area contributed by atoms with Crippen LogP contribution in [0.3, 0.4) is 0 Å². The molecule has 0 bridgehead atoms. The Hall–Kier alpha value is -2.59. The van der Waals surface area contributed by atoms with Gasteiger partial charge in [0, 0.05) is 10.1 Å². The number of benzene rings is 2. The summed E-state index contributed by atoms with van der Waals surface area (Å²) in [5.74, 6) is 0. The predicted octanol–water partition coefficient (Wildman–Crippen LogP) is 3.87. The van der Waals surface area contributed by atoms with Crippen LogP contribution >= 0.6 is 11.3 Å². The molecule has 4 aromatic rings. The van der Waals surface area contributed by atoms with Crippen molar-refractivity contribution in [1.29, 1.82) is 0 Å². The highest BCUT2D eigenvalue weighted by Gasteiger charge is 2.08. The molecule has 0 atom stereocenters. The first-order chi connectivity index (χ1) is 10.3. The second kappa shape index (κ2) is 4.75. The van der Waals surface area contributed by atoms with Gasteiger partial charge in [-0.2, -0.15) is 4.98 Å². The number of rotatable bonds is 1. The number of hydrogen-bond donors (Lipinski definition) is 0. The predicted molar refractivity (Wildman–Crippen MR) is 86.6 cm³/mol. The van der Waals surface area contributed by atoms with E-state index in [0.717, 1.165) is 21.3 Å². The Balaban J connectivity index is 1.97. The van der Waals surface area contributed by atoms with E-state index in [0.29, 0.717) is 10.4 Å². The standard InChI is InChI=1S/C17H10N2OS/c20-16-12-6-2-4-8-15(12)21-17(19-16)14-10-9-11-5-1-3-7-13(11)18-14/h1-10H. The lowest BCUT2D eigenvalue weighted by Crippen LogP contribution is -2.06. The number of fused-ring (bicyclic) bond motifs is 2. The first-order valence-electron chi connectivity index (χ1n) is 6.57. The number of para-hydroxylation sites is 1. The molecule has 0 radical (unpaired) electrons. The van der Waals surface area contributed by atoms with Crippen LogP contribution in [0.15, 0.2) is 65.5 Å². The second-order valence-corrected chi connectivity index (χ2v) is 5.74. The van der Waals surface area contributed by atoms with Crippen molar-refractivity contribution in [3.8, 4) is 10.7 Å². The van der Waals surface area contributed by atoms with Gasteiger partial charge in [0.1, 0.15) is 5.01 Å². The lowest BCUT2D eigenvalue weighted by molar-refractivity contribution is 1.28. The van der Waals surface area contributed by atoms with Gasteiger partial charge < -0.3 is 0 Å². The maximum absolute atomic E-state index is 12.1. The Morgan fingerprint density at radius 3 is 2.57 bits per heavy atom. The van der Waals surface area contributed by atoms with Gasteiger partial charge in [0.25, 0.3) is 5.56 Å². The van der Waals surface area contributed by atoms with Gasteiger partial charge in [0.2, 0.25) is 0 Å². The third kappa shape index (κ3) is 2.10. The minimum atomic E-state index is -0.200. The number of nitrogens with zero attached hydrogens (tertiary/aromatic N) is 2. The molecule has 2 aromatic heterocycles. The third-order valence-corrected chi connectivity index (χ3v) is 4.41. The molecule has 4 heteroatoms. The first-order valence-corrected chi connectivity index (χ1v) is 7.39. The van der Waals surface area contributed by atoms with E-state index in [9.17, 15) is 4.79 Å². The van der Waals surface area contributed by atoms with Crippen LogP contribution in [0, 0.1) is 0 Å². The van der Waals surface area contributed by atoms with Crippen LogP contribution in [0.2, 0.25) is 0 Å². The van der Waals surface area contributed by atoms with Crippen molar-refractivity contribution < 1.29 is 0 Å². The zero-order valence-corrected chi connectivity index (χ0v) is 11.8. The van der Waals surface area contributed by atoms with Crippen molar-refractivity contribution in [2.24, 2.45) is 0 Å². The van der Waals surface area contributed by atoms with E-state index in [-0.39, 0.29) is 5.56 Å². The minimum absolute atomic E-state index is 0.200. The Labute approximate surface area is 124 Å². The van der Waals surface area contributed by atoms with E-state index in [1.807, 2.05) is 54.6 Å². The molecule has 2 aromatic carbocycles. The first kappa shape index (κ1) is 12.2. The summed E-state index contributed by atoms with van der Waals surface area (Å²) in [4.78, 5) is 20.9. The molecule has 0 amide bonds. The molecule has 0 saturated carbocycles. The van der Waals surface area contributed by atoms with Crippen molar-refractivity contribution in [1.82, 2.24) is 9.97 Å². The zero-order valence-electron chi connectivity index (χ0n) is 11.0. The third-order valence-electron chi connectivity index (χ3n) is 3.34. The summed E-state index contributed by atoms with van der Waals surface area (Å²) in [5.41, 5.74) is 1.44. The molecular formula is C17H10N2OS. The molecule has 0 N–H and O–H groups in total. The van der Waals surface area contributed by atoms with Gasteiger partial charge in [-0.3, -0.25) is 4.79 Å². The largest absolute Gasteiger partial charge is 0.279 e. The Morgan fingerprint density at radius 1 is 0.810 bits per heavy atom. The van der Waals surface area contributed by atoms with Crippen molar-refractivity contribution in [3.05, 3.63) is 71.0 Å². The molecule has 0 aliphatic heterocycles. The summed E-state index contributed by atoms with van der Waals surface area (Å²) >= 11 is 1.49. The van der Waals surface area contributed by atoms with Gasteiger partial charge in [-0.25, -0.2) is 4.98 Å². The molecule has 100 valence electrons. The highest BCUT2D eigenvalue weighted by molar-refractivity contribution is 7.21. The summed E-state index contributed by atoms with van der Waals surface area (Å²) in [7, 11) is 0. The van der Waals surface area contributed by atoms with E-state index in [1.54, 1.807) is 6.07 Å². The van der Waals surface area contributed by atoms with Crippen molar-refractivity contribution >= 4 is 32.3 Å². The van der Waals surface area contributed by atoms with E-state index in [4.69, 9.17) is 0 Å². The number of hydrogen-bond acceptors (Lipinski definition) is 4. The second-order valence-electron chi connectivity index (χ2n) is 4.71. The van der Waals surface area contributed by atoms with E-state index in [2.05, 4.69) is 9.97 Å². The number of pyridine rings is 1. The fourth-order valence-corrected chi connectivity index (χ4v) is 3.27. The fourth-order valence-electron chi connectivity index (χ4n) is 2.31. The molecule has 0 fully saturated rings. The SMILES string of the molecule is O=c1nc(-c2ccc3ccccc3n2)sc2ccccc12. The normalized spacial score (nSPS) is 11.0. The molecule has 0 saturated heterocycles. The van der Waals surface area contributed by atoms with E-state index in [1.165, 1.54) is 11.3 Å². The van der Waals surface area contributed by atoms with Gasteiger partial charge in [0.15, 0.2) is 0 Å². The van der Waals surface area contributed by atoms with Crippen LogP contribution < -0.4 is 5.56 Å². The van der Waals surface area contributed by atoms with Crippen LogP contribution in [-0.4, -0.2) is 9.97 Å². The summed E-state index contributed by atoms with van der Waals surface area (Å²) in [6.07, 6.45) is 0. The highest BCUT2D eigenvalue weighted by Crippen LogP contribution is 2.26. The van der Waals surface area contributed by atoms with Crippen molar-refractivity contribution in [3.63, 3.8) is 0 Å². The molecule has 3 nitrogen and oxygen atoms in total. The molecule has 0 aliphatic carbocycles. The van der Waals surface area contributed by atoms with Crippen LogP contribution in [0.1, 0.15) is 0 Å². The van der Waals surface area contributed by atoms with Gasteiger partial charge >= 0.3 is 0 Å². The van der Waals surface area contributed by atoms with Crippen molar-refractivity contribution in [2.45, 2.75) is 0 Å². The fraction of sp³-hybridized carbons (Fsp3) is 0. The monoisotopic (exact) mass is 290 g/mol. The van der Waals surface area contributed by atoms with Gasteiger partial charge in [-0.1, -0.05) is 36.4 Å². The Bertz CT molecular complexity index is 1020. The lowest BCUT2D eigenvalue weighted by atomic mass is 10.2. The van der Waals surface area contributed by atoms with Gasteiger partial charge in [0.05, 0.1) is 16.6 Å². The quantitative estimate of drug-likeness (QED) is 0.534. The van der Waals surface area contributed by atoms with Crippen molar-refractivity contribution in [2.75, 3.05) is 0 Å². The maximum Gasteiger partial charge on any atom is 0.279 e. The van der Waals surface area contributed by atoms with Gasteiger partial charge in [-0.05, 0) is 24.3 Å². The average Bonchev–Trinajstić information content (AvgIpc) is 2.54. The number of aromatic nitrogens is 2. The average molecular weight is 290 g/mol. The molecule has 4 rings (SSSR count). The molecule has 0 spiro atoms. The van der Waals surface area contributed by atoms with Gasteiger partial charge in [-0.15, -0.1) is 11.3 Å². The van der Waals surface area contributed by atoms with Crippen LogP contribution in [-0.2, 0) is 0 Å². The molecule has 0 aliphatic rings. The Kier molecular flexibility index (Phi) is 2.75. The summed E-state index contributed by atoms with van der Waals surface area (Å²) in [5, 5.41) is 2.39. The Morgan fingerprint density at radius 2 is 1.62 bits per heavy atom. The van der Waals surface area contributed by atoms with Crippen LogP contribution in [0.4, 0.5) is 0 Å². The molecule has 0 unspecified atom stereocenters. The summed E-state index contributed by atoms with van der Waals surface area (Å²) in [6, 6.07) is 19.4. The topological polar surface area (TPSA) is 42.9 Å². The molecule has 2 heterocycles. The smallest absolute Gasteiger partial charge is 0.267 e. The van der Waals surface area contributed by atoms with E-state index < -0.39 is 0 Å². The van der Waals surface area contributed by atoms with Crippen LogP contribution in [0.25, 0.3) is 31.7 Å². The summed E-state index contributed by atoms with van der Waals surface area (Å²) < 4.78 is 0.933. The minimum Gasteiger partial charge on any atom is -0.267 e. The molecular weight excluding hydrogens is 280 g/mol. The van der Waals surface area contributed by atoms with E-state index >= 15 is 0 Å². The summed E-state index contributed by atoms with van der Waals surface area (Å²) in [6.45, 7) is 0. The molecule has 21 heavy (non-hydrogen) atoms.